The van der Waals surface area contributed by atoms with Crippen LogP contribution in [0.25, 0.3) is 0 Å². The van der Waals surface area contributed by atoms with Gasteiger partial charge in [0.25, 0.3) is 0 Å². The predicted octanol–water partition coefficient (Wildman–Crippen LogP) is 0.442. The smallest absolute Gasteiger partial charge is 0.216 e. The molecule has 2 aliphatic heterocycles. The van der Waals surface area contributed by atoms with Gasteiger partial charge in [0, 0.05) is 13.1 Å². The number of nitrogens with zero attached hydrogens (tertiary/aromatic N) is 1. The molecule has 0 aromatic heterocycles. The molecule has 3 rings (SSSR count). The normalized spacial score (nSPS) is 35.5. The minimum absolute atomic E-state index is 0. The van der Waals surface area contributed by atoms with E-state index in [9.17, 15) is 8.42 Å². The average molecular weight is 267 g/mol. The zero-order chi connectivity index (χ0) is 10.5. The Morgan fingerprint density at radius 1 is 1.06 bits per heavy atom. The van der Waals surface area contributed by atoms with Crippen molar-refractivity contribution in [3.63, 3.8) is 0 Å². The minimum Gasteiger partial charge on any atom is -0.316 e. The van der Waals surface area contributed by atoms with Gasteiger partial charge in [-0.1, -0.05) is 0 Å². The van der Waals surface area contributed by atoms with Gasteiger partial charge in [0.05, 0.1) is 5.25 Å². The van der Waals surface area contributed by atoms with Gasteiger partial charge in [-0.25, -0.2) is 12.7 Å². The van der Waals surface area contributed by atoms with Crippen LogP contribution < -0.4 is 5.32 Å². The van der Waals surface area contributed by atoms with Crippen molar-refractivity contribution in [3.05, 3.63) is 0 Å². The standard InChI is InChI=1S/C10H18N2O2S.ClH/c13-15(14,10-1-2-10)12-4-3-8-5-11-6-9(8)7-12;/h8-11H,1-7H2;1H. The summed E-state index contributed by atoms with van der Waals surface area (Å²) in [5.41, 5.74) is 0. The molecule has 1 aliphatic carbocycles. The van der Waals surface area contributed by atoms with E-state index in [4.69, 9.17) is 0 Å². The lowest BCUT2D eigenvalue weighted by molar-refractivity contribution is 0.227. The first-order valence-electron chi connectivity index (χ1n) is 5.87. The Morgan fingerprint density at radius 2 is 1.75 bits per heavy atom. The van der Waals surface area contributed by atoms with Crippen LogP contribution in [0, 0.1) is 11.8 Å². The molecule has 0 aromatic rings. The van der Waals surface area contributed by atoms with E-state index in [1.165, 1.54) is 0 Å². The second-order valence-corrected chi connectivity index (χ2v) is 7.28. The van der Waals surface area contributed by atoms with Crippen molar-refractivity contribution in [1.29, 1.82) is 0 Å². The first-order chi connectivity index (χ1) is 7.18. The highest BCUT2D eigenvalue weighted by molar-refractivity contribution is 7.90. The monoisotopic (exact) mass is 266 g/mol. The third kappa shape index (κ3) is 2.10. The molecule has 3 fully saturated rings. The number of sulfonamides is 1. The lowest BCUT2D eigenvalue weighted by Crippen LogP contribution is -2.44. The number of hydrogen-bond donors (Lipinski definition) is 1. The van der Waals surface area contributed by atoms with Gasteiger partial charge in [0.15, 0.2) is 0 Å². The SMILES string of the molecule is Cl.O=S(=O)(C1CC1)N1CCC2CNCC2C1. The van der Waals surface area contributed by atoms with Gasteiger partial charge in [-0.15, -0.1) is 12.4 Å². The summed E-state index contributed by atoms with van der Waals surface area (Å²) in [6.07, 6.45) is 2.81. The van der Waals surface area contributed by atoms with Gasteiger partial charge < -0.3 is 5.32 Å². The van der Waals surface area contributed by atoms with Crippen molar-refractivity contribution in [1.82, 2.24) is 9.62 Å². The Labute approximate surface area is 103 Å². The minimum atomic E-state index is -2.92. The summed E-state index contributed by atoms with van der Waals surface area (Å²) in [5, 5.41) is 3.32. The fourth-order valence-electron chi connectivity index (χ4n) is 2.81. The van der Waals surface area contributed by atoms with Crippen LogP contribution in [-0.4, -0.2) is 44.2 Å². The van der Waals surface area contributed by atoms with E-state index in [1.54, 1.807) is 4.31 Å². The van der Waals surface area contributed by atoms with E-state index in [2.05, 4.69) is 5.32 Å². The summed E-state index contributed by atoms with van der Waals surface area (Å²) >= 11 is 0. The van der Waals surface area contributed by atoms with Gasteiger partial charge >= 0.3 is 0 Å². The second kappa shape index (κ2) is 4.44. The highest BCUT2D eigenvalue weighted by atomic mass is 35.5. The zero-order valence-electron chi connectivity index (χ0n) is 9.26. The number of fused-ring (bicyclic) bond motifs is 1. The summed E-state index contributed by atoms with van der Waals surface area (Å²) in [6.45, 7) is 3.60. The lowest BCUT2D eigenvalue weighted by Gasteiger charge is -2.33. The van der Waals surface area contributed by atoms with Crippen LogP contribution in [0.1, 0.15) is 19.3 Å². The number of hydrogen-bond acceptors (Lipinski definition) is 3. The molecule has 0 spiro atoms. The first kappa shape index (κ1) is 12.6. The quantitative estimate of drug-likeness (QED) is 0.789. The van der Waals surface area contributed by atoms with Gasteiger partial charge in [0.1, 0.15) is 0 Å². The Balaban J connectivity index is 0.000000963. The molecule has 94 valence electrons. The van der Waals surface area contributed by atoms with Crippen LogP contribution in [0.15, 0.2) is 0 Å². The molecule has 0 radical (unpaired) electrons. The predicted molar refractivity (Wildman–Crippen MR) is 65.2 cm³/mol. The molecule has 0 aromatic carbocycles. The van der Waals surface area contributed by atoms with E-state index in [0.29, 0.717) is 5.92 Å². The van der Waals surface area contributed by atoms with Gasteiger partial charge in [-0.05, 0) is 44.2 Å². The third-order valence-electron chi connectivity index (χ3n) is 3.97. The van der Waals surface area contributed by atoms with E-state index in [0.717, 1.165) is 51.4 Å². The molecular formula is C10H19ClN2O2S. The average Bonchev–Trinajstić information content (AvgIpc) is 2.97. The summed E-state index contributed by atoms with van der Waals surface area (Å²) in [7, 11) is -2.92. The van der Waals surface area contributed by atoms with Crippen LogP contribution in [-0.2, 0) is 10.0 Å². The topological polar surface area (TPSA) is 49.4 Å². The van der Waals surface area contributed by atoms with Crippen LogP contribution in [0.2, 0.25) is 0 Å². The Kier molecular flexibility index (Phi) is 3.50. The largest absolute Gasteiger partial charge is 0.316 e. The van der Waals surface area contributed by atoms with E-state index in [1.807, 2.05) is 0 Å². The fraction of sp³-hybridized carbons (Fsp3) is 1.00. The van der Waals surface area contributed by atoms with Gasteiger partial charge in [0.2, 0.25) is 10.0 Å². The van der Waals surface area contributed by atoms with Crippen molar-refractivity contribution in [2.75, 3.05) is 26.2 Å². The van der Waals surface area contributed by atoms with E-state index >= 15 is 0 Å². The van der Waals surface area contributed by atoms with Crippen molar-refractivity contribution in [2.45, 2.75) is 24.5 Å². The second-order valence-electron chi connectivity index (χ2n) is 5.07. The van der Waals surface area contributed by atoms with Crippen molar-refractivity contribution >= 4 is 22.4 Å². The molecule has 1 saturated carbocycles. The van der Waals surface area contributed by atoms with Crippen LogP contribution in [0.5, 0.6) is 0 Å². The van der Waals surface area contributed by atoms with Crippen molar-refractivity contribution in [3.8, 4) is 0 Å². The molecule has 0 amide bonds. The summed E-state index contributed by atoms with van der Waals surface area (Å²) < 4.78 is 25.8. The molecule has 0 bridgehead atoms. The third-order valence-corrected chi connectivity index (χ3v) is 6.34. The van der Waals surface area contributed by atoms with Gasteiger partial charge in [-0.2, -0.15) is 0 Å². The molecule has 2 saturated heterocycles. The Hall–Kier alpha value is 0.160. The molecule has 2 unspecified atom stereocenters. The van der Waals surface area contributed by atoms with Crippen LogP contribution in [0.3, 0.4) is 0 Å². The summed E-state index contributed by atoms with van der Waals surface area (Å²) in [5.74, 6) is 1.28. The summed E-state index contributed by atoms with van der Waals surface area (Å²) in [6, 6.07) is 0. The maximum atomic E-state index is 12.0. The number of piperidine rings is 1. The maximum absolute atomic E-state index is 12.0. The van der Waals surface area contributed by atoms with Crippen LogP contribution in [0.4, 0.5) is 0 Å². The van der Waals surface area contributed by atoms with Gasteiger partial charge in [-0.3, -0.25) is 0 Å². The molecule has 4 nitrogen and oxygen atoms in total. The van der Waals surface area contributed by atoms with E-state index in [-0.39, 0.29) is 17.7 Å². The zero-order valence-corrected chi connectivity index (χ0v) is 10.9. The lowest BCUT2D eigenvalue weighted by atomic mass is 9.90. The van der Waals surface area contributed by atoms with E-state index < -0.39 is 10.0 Å². The molecule has 16 heavy (non-hydrogen) atoms. The Morgan fingerprint density at radius 3 is 2.44 bits per heavy atom. The first-order valence-corrected chi connectivity index (χ1v) is 7.38. The van der Waals surface area contributed by atoms with Crippen molar-refractivity contribution < 1.29 is 8.42 Å². The molecule has 6 heteroatoms. The molecular weight excluding hydrogens is 248 g/mol. The fourth-order valence-corrected chi connectivity index (χ4v) is 4.72. The number of halogens is 1. The highest BCUT2D eigenvalue weighted by Crippen LogP contribution is 2.35. The molecule has 1 N–H and O–H groups in total. The van der Waals surface area contributed by atoms with Crippen LogP contribution >= 0.6 is 12.4 Å². The molecule has 2 atom stereocenters. The molecule has 3 aliphatic rings. The van der Waals surface area contributed by atoms with Crippen molar-refractivity contribution in [2.24, 2.45) is 11.8 Å². The number of rotatable bonds is 2. The summed E-state index contributed by atoms with van der Waals surface area (Å²) in [4.78, 5) is 0. The maximum Gasteiger partial charge on any atom is 0.216 e. The molecule has 2 heterocycles. The highest BCUT2D eigenvalue weighted by Gasteiger charge is 2.44. The number of nitrogens with one attached hydrogen (secondary N) is 1. The Bertz CT molecular complexity index is 356.